The summed E-state index contributed by atoms with van der Waals surface area (Å²) < 4.78 is 12.4. The summed E-state index contributed by atoms with van der Waals surface area (Å²) in [7, 11) is 0. The molecule has 1 aliphatic heterocycles. The van der Waals surface area contributed by atoms with Crippen LogP contribution in [-0.2, 0) is 9.53 Å². The maximum absolute atomic E-state index is 11.6. The summed E-state index contributed by atoms with van der Waals surface area (Å²) in [5.41, 5.74) is 1.63. The van der Waals surface area contributed by atoms with Crippen molar-refractivity contribution in [3.05, 3.63) is 12.1 Å². The molecule has 1 aromatic carbocycles. The molecule has 0 atom stereocenters. The van der Waals surface area contributed by atoms with Gasteiger partial charge in [-0.05, 0) is 12.5 Å². The largest absolute Gasteiger partial charge is 0.491 e. The number of rotatable bonds is 8. The minimum atomic E-state index is -0.0990. The van der Waals surface area contributed by atoms with Gasteiger partial charge >= 0.3 is 0 Å². The normalized spacial score (nSPS) is 14.6. The highest BCUT2D eigenvalue weighted by Crippen LogP contribution is 2.36. The molecule has 0 unspecified atom stereocenters. The summed E-state index contributed by atoms with van der Waals surface area (Å²) in [6.07, 6.45) is 4.59. The molecule has 0 spiro atoms. The van der Waals surface area contributed by atoms with Crippen molar-refractivity contribution in [3.8, 4) is 5.75 Å². The second-order valence-corrected chi connectivity index (χ2v) is 7.51. The minimum Gasteiger partial charge on any atom is -0.491 e. The summed E-state index contributed by atoms with van der Waals surface area (Å²) in [5, 5.41) is 3.89. The number of anilines is 2. The smallest absolute Gasteiger partial charge is 0.221 e. The molecule has 1 N–H and O–H groups in total. The van der Waals surface area contributed by atoms with Gasteiger partial charge < -0.3 is 19.7 Å². The molecule has 1 amide bonds. The molecular formula is C19H27N3O3S. The van der Waals surface area contributed by atoms with Crippen molar-refractivity contribution in [1.82, 2.24) is 4.98 Å². The quantitative estimate of drug-likeness (QED) is 0.703. The number of benzene rings is 1. The van der Waals surface area contributed by atoms with Crippen LogP contribution in [0.4, 0.5) is 10.8 Å². The fourth-order valence-corrected chi connectivity index (χ4v) is 3.99. The molecule has 0 radical (unpaired) electrons. The van der Waals surface area contributed by atoms with Crippen LogP contribution in [0.2, 0.25) is 0 Å². The number of morpholine rings is 1. The molecule has 2 heterocycles. The Hall–Kier alpha value is -1.86. The van der Waals surface area contributed by atoms with Gasteiger partial charge in [0, 0.05) is 26.1 Å². The number of aromatic nitrogens is 1. The van der Waals surface area contributed by atoms with E-state index in [9.17, 15) is 4.79 Å². The maximum Gasteiger partial charge on any atom is 0.221 e. The number of unbranched alkanes of at least 4 members (excludes halogenated alkanes) is 3. The lowest BCUT2D eigenvalue weighted by Gasteiger charge is -2.25. The van der Waals surface area contributed by atoms with Crippen molar-refractivity contribution >= 4 is 38.3 Å². The van der Waals surface area contributed by atoms with Gasteiger partial charge in [-0.25, -0.2) is 4.98 Å². The first-order chi connectivity index (χ1) is 12.7. The number of hydrogen-bond acceptors (Lipinski definition) is 6. The van der Waals surface area contributed by atoms with Crippen molar-refractivity contribution in [2.45, 2.75) is 39.5 Å². The van der Waals surface area contributed by atoms with E-state index in [4.69, 9.17) is 14.5 Å². The molecule has 3 rings (SSSR count). The topological polar surface area (TPSA) is 63.7 Å². The number of carbonyl (C=O) groups excluding carboxylic acids is 1. The first-order valence-corrected chi connectivity index (χ1v) is 10.2. The second kappa shape index (κ2) is 9.19. The van der Waals surface area contributed by atoms with E-state index in [1.54, 1.807) is 11.3 Å². The van der Waals surface area contributed by atoms with Crippen molar-refractivity contribution < 1.29 is 14.3 Å². The number of nitrogens with zero attached hydrogens (tertiary/aromatic N) is 2. The van der Waals surface area contributed by atoms with E-state index in [0.29, 0.717) is 12.4 Å². The Morgan fingerprint density at radius 2 is 2.12 bits per heavy atom. The van der Waals surface area contributed by atoms with Gasteiger partial charge in [-0.2, -0.15) is 0 Å². The van der Waals surface area contributed by atoms with Crippen LogP contribution in [0.5, 0.6) is 5.75 Å². The number of nitrogens with one attached hydrogen (secondary N) is 1. The molecule has 26 heavy (non-hydrogen) atoms. The molecule has 0 aliphatic carbocycles. The summed E-state index contributed by atoms with van der Waals surface area (Å²) in [6, 6.07) is 3.92. The molecule has 0 saturated carbocycles. The van der Waals surface area contributed by atoms with Gasteiger partial charge in [0.15, 0.2) is 5.13 Å². The molecule has 142 valence electrons. The van der Waals surface area contributed by atoms with Crippen molar-refractivity contribution in [1.29, 1.82) is 0 Å². The Balaban J connectivity index is 1.80. The molecule has 1 aromatic heterocycles. The van der Waals surface area contributed by atoms with Crippen LogP contribution in [0.1, 0.15) is 39.5 Å². The van der Waals surface area contributed by atoms with Crippen LogP contribution in [0.25, 0.3) is 10.2 Å². The highest BCUT2D eigenvalue weighted by atomic mass is 32.1. The Kier molecular flexibility index (Phi) is 6.68. The van der Waals surface area contributed by atoms with E-state index in [0.717, 1.165) is 60.2 Å². The Morgan fingerprint density at radius 3 is 2.85 bits per heavy atom. The van der Waals surface area contributed by atoms with Gasteiger partial charge in [0.25, 0.3) is 0 Å². The summed E-state index contributed by atoms with van der Waals surface area (Å²) >= 11 is 1.64. The number of amides is 1. The third kappa shape index (κ3) is 4.86. The minimum absolute atomic E-state index is 0.0990. The zero-order valence-electron chi connectivity index (χ0n) is 15.5. The van der Waals surface area contributed by atoms with E-state index < -0.39 is 0 Å². The summed E-state index contributed by atoms with van der Waals surface area (Å²) in [6.45, 7) is 7.55. The van der Waals surface area contributed by atoms with Crippen LogP contribution in [0.3, 0.4) is 0 Å². The monoisotopic (exact) mass is 377 g/mol. The van der Waals surface area contributed by atoms with Crippen molar-refractivity contribution in [2.24, 2.45) is 0 Å². The van der Waals surface area contributed by atoms with Crippen LogP contribution < -0.4 is 15.0 Å². The van der Waals surface area contributed by atoms with Crippen molar-refractivity contribution in [3.63, 3.8) is 0 Å². The number of ether oxygens (including phenoxy) is 2. The molecule has 1 saturated heterocycles. The zero-order valence-corrected chi connectivity index (χ0v) is 16.4. The molecule has 6 nitrogen and oxygen atoms in total. The number of carbonyl (C=O) groups is 1. The van der Waals surface area contributed by atoms with Crippen LogP contribution in [0.15, 0.2) is 12.1 Å². The zero-order chi connectivity index (χ0) is 18.4. The first kappa shape index (κ1) is 18.9. The molecule has 0 bridgehead atoms. The molecular weight excluding hydrogens is 350 g/mol. The molecule has 7 heteroatoms. The van der Waals surface area contributed by atoms with E-state index in [2.05, 4.69) is 17.1 Å². The maximum atomic E-state index is 11.6. The lowest BCUT2D eigenvalue weighted by molar-refractivity contribution is -0.114. The van der Waals surface area contributed by atoms with E-state index in [-0.39, 0.29) is 5.91 Å². The van der Waals surface area contributed by atoms with E-state index >= 15 is 0 Å². The van der Waals surface area contributed by atoms with E-state index in [1.165, 1.54) is 19.8 Å². The Labute approximate surface area is 158 Å². The van der Waals surface area contributed by atoms with Gasteiger partial charge in [0.1, 0.15) is 5.75 Å². The average Bonchev–Trinajstić information content (AvgIpc) is 3.04. The predicted molar refractivity (Wildman–Crippen MR) is 107 cm³/mol. The number of hydrogen-bond donors (Lipinski definition) is 1. The number of thiazole rings is 1. The number of fused-ring (bicyclic) bond motifs is 1. The van der Waals surface area contributed by atoms with Gasteiger partial charge in [-0.3, -0.25) is 4.79 Å². The molecule has 1 aliphatic rings. The highest BCUT2D eigenvalue weighted by molar-refractivity contribution is 7.22. The van der Waals surface area contributed by atoms with Gasteiger partial charge in [0.05, 0.1) is 35.7 Å². The van der Waals surface area contributed by atoms with Crippen molar-refractivity contribution in [2.75, 3.05) is 43.1 Å². The fraction of sp³-hybridized carbons (Fsp3) is 0.579. The van der Waals surface area contributed by atoms with Gasteiger partial charge in [0.2, 0.25) is 5.91 Å². The van der Waals surface area contributed by atoms with Crippen LogP contribution in [0, 0.1) is 0 Å². The fourth-order valence-electron chi connectivity index (χ4n) is 2.95. The average molecular weight is 378 g/mol. The highest BCUT2D eigenvalue weighted by Gasteiger charge is 2.17. The lowest BCUT2D eigenvalue weighted by atomic mass is 10.2. The first-order valence-electron chi connectivity index (χ1n) is 9.35. The standard InChI is InChI=1S/C19H27N3O3S/c1-3-4-5-6-9-25-17-12-16-18(13-15(17)20-14(2)23)26-19(21-16)22-7-10-24-11-8-22/h12-13H,3-11H2,1-2H3,(H,20,23). The van der Waals surface area contributed by atoms with E-state index in [1.807, 2.05) is 12.1 Å². The SMILES string of the molecule is CCCCCCOc1cc2nc(N3CCOCC3)sc2cc1NC(C)=O. The predicted octanol–water partition coefficient (Wildman–Crippen LogP) is 4.05. The Morgan fingerprint density at radius 1 is 1.31 bits per heavy atom. The summed E-state index contributed by atoms with van der Waals surface area (Å²) in [4.78, 5) is 18.6. The molecule has 1 fully saturated rings. The lowest BCUT2D eigenvalue weighted by Crippen LogP contribution is -2.36. The van der Waals surface area contributed by atoms with Crippen LogP contribution >= 0.6 is 11.3 Å². The molecule has 2 aromatic rings. The van der Waals surface area contributed by atoms with Gasteiger partial charge in [-0.15, -0.1) is 0 Å². The van der Waals surface area contributed by atoms with Gasteiger partial charge in [-0.1, -0.05) is 37.5 Å². The Bertz CT molecular complexity index is 741. The second-order valence-electron chi connectivity index (χ2n) is 6.50. The van der Waals surface area contributed by atoms with Crippen LogP contribution in [-0.4, -0.2) is 43.8 Å². The third-order valence-corrected chi connectivity index (χ3v) is 5.41. The third-order valence-electron chi connectivity index (χ3n) is 4.33. The summed E-state index contributed by atoms with van der Waals surface area (Å²) in [5.74, 6) is 0.598.